The molecule has 3 heteroatoms. The fourth-order valence-electron chi connectivity index (χ4n) is 7.23. The zero-order valence-electron chi connectivity index (χ0n) is 23.4. The van der Waals surface area contributed by atoms with Crippen molar-refractivity contribution in [3.63, 3.8) is 0 Å². The number of aliphatic hydroxyl groups is 1. The van der Waals surface area contributed by atoms with Gasteiger partial charge in [0.05, 0.1) is 10.8 Å². The minimum atomic E-state index is -0.0667. The van der Waals surface area contributed by atoms with Crippen molar-refractivity contribution in [1.29, 1.82) is 0 Å². The Balaban J connectivity index is 1.30. The van der Waals surface area contributed by atoms with Crippen molar-refractivity contribution < 1.29 is 9.68 Å². The molecule has 1 atom stereocenters. The minimum absolute atomic E-state index is 0.0400. The lowest BCUT2D eigenvalue weighted by atomic mass is 9.80. The van der Waals surface area contributed by atoms with E-state index in [1.165, 1.54) is 50.6 Å². The van der Waals surface area contributed by atoms with Crippen LogP contribution in [0.25, 0.3) is 0 Å². The Labute approximate surface area is 221 Å². The minimum Gasteiger partial charge on any atom is -0.507 e. The van der Waals surface area contributed by atoms with E-state index in [0.29, 0.717) is 5.76 Å². The monoisotopic (exact) mass is 491 g/mol. The molecule has 4 aliphatic rings. The van der Waals surface area contributed by atoms with E-state index in [2.05, 4.69) is 113 Å². The zero-order valence-corrected chi connectivity index (χ0v) is 23.4. The third-order valence-corrected chi connectivity index (χ3v) is 9.26. The van der Waals surface area contributed by atoms with Gasteiger partial charge in [0.25, 0.3) is 0 Å². The van der Waals surface area contributed by atoms with E-state index in [-0.39, 0.29) is 10.8 Å². The van der Waals surface area contributed by atoms with Crippen molar-refractivity contribution in [1.82, 2.24) is 0 Å². The molecule has 2 aliphatic carbocycles. The molecule has 6 rings (SSSR count). The predicted molar refractivity (Wildman–Crippen MR) is 155 cm³/mol. The summed E-state index contributed by atoms with van der Waals surface area (Å²) in [5.41, 5.74) is 14.4. The number of benzene rings is 2. The fraction of sp³-hybridized carbons (Fsp3) is 0.382. The van der Waals surface area contributed by atoms with Gasteiger partial charge in [-0.05, 0) is 113 Å². The first kappa shape index (κ1) is 24.0. The number of fused-ring (bicyclic) bond motifs is 2. The van der Waals surface area contributed by atoms with Gasteiger partial charge in [0.1, 0.15) is 12.3 Å². The zero-order chi connectivity index (χ0) is 26.3. The number of likely N-dealkylation sites (N-methyl/N-ethyl adjacent to an activating group) is 1. The van der Waals surface area contributed by atoms with Crippen LogP contribution in [-0.4, -0.2) is 28.5 Å². The van der Waals surface area contributed by atoms with Crippen molar-refractivity contribution in [2.24, 2.45) is 0 Å². The van der Waals surface area contributed by atoms with Crippen LogP contribution in [0.2, 0.25) is 0 Å². The number of hydrogen-bond donors (Lipinski definition) is 1. The maximum absolute atomic E-state index is 11.2. The van der Waals surface area contributed by atoms with Crippen molar-refractivity contribution in [2.45, 2.75) is 72.1 Å². The first-order valence-electron chi connectivity index (χ1n) is 13.8. The molecule has 2 aliphatic heterocycles. The van der Waals surface area contributed by atoms with Gasteiger partial charge in [-0.15, -0.1) is 0 Å². The summed E-state index contributed by atoms with van der Waals surface area (Å²) >= 11 is 0. The Morgan fingerprint density at radius 1 is 0.973 bits per heavy atom. The molecule has 0 spiro atoms. The van der Waals surface area contributed by atoms with Gasteiger partial charge in [-0.1, -0.05) is 23.8 Å². The third-order valence-electron chi connectivity index (χ3n) is 9.26. The maximum atomic E-state index is 11.2. The summed E-state index contributed by atoms with van der Waals surface area (Å²) in [6.45, 7) is 17.7. The van der Waals surface area contributed by atoms with E-state index in [9.17, 15) is 5.11 Å². The average molecular weight is 492 g/mol. The third kappa shape index (κ3) is 3.22. The highest BCUT2D eigenvalue weighted by atomic mass is 16.3. The van der Waals surface area contributed by atoms with E-state index >= 15 is 0 Å². The van der Waals surface area contributed by atoms with Gasteiger partial charge >= 0.3 is 0 Å². The number of aliphatic hydroxyl groups excluding tert-OH is 1. The Bertz CT molecular complexity index is 1510. The van der Waals surface area contributed by atoms with E-state index in [4.69, 9.17) is 0 Å². The van der Waals surface area contributed by atoms with Gasteiger partial charge in [0.2, 0.25) is 5.69 Å². The first-order valence-corrected chi connectivity index (χ1v) is 13.8. The lowest BCUT2D eigenvalue weighted by Gasteiger charge is -2.26. The predicted octanol–water partition coefficient (Wildman–Crippen LogP) is 7.83. The summed E-state index contributed by atoms with van der Waals surface area (Å²) < 4.78 is 2.42. The lowest BCUT2D eigenvalue weighted by molar-refractivity contribution is -0.433. The topological polar surface area (TPSA) is 26.5 Å². The van der Waals surface area contributed by atoms with Crippen LogP contribution in [0.15, 0.2) is 77.2 Å². The van der Waals surface area contributed by atoms with Crippen molar-refractivity contribution in [3.8, 4) is 0 Å². The van der Waals surface area contributed by atoms with Crippen molar-refractivity contribution in [3.05, 3.63) is 105 Å². The molecule has 0 amide bonds. The molecule has 0 saturated heterocycles. The Kier molecular flexibility index (Phi) is 5.25. The summed E-state index contributed by atoms with van der Waals surface area (Å²) in [5, 5.41) is 11.2. The molecule has 0 saturated carbocycles. The van der Waals surface area contributed by atoms with E-state index in [1.807, 2.05) is 0 Å². The summed E-state index contributed by atoms with van der Waals surface area (Å²) in [4.78, 5) is 2.44. The molecule has 1 unspecified atom stereocenters. The number of aryl methyl sites for hydroxylation is 2. The van der Waals surface area contributed by atoms with Crippen LogP contribution in [0.1, 0.15) is 75.3 Å². The van der Waals surface area contributed by atoms with Crippen LogP contribution in [-0.2, 0) is 10.8 Å². The highest BCUT2D eigenvalue weighted by Crippen LogP contribution is 2.66. The van der Waals surface area contributed by atoms with Gasteiger partial charge in [0, 0.05) is 35.6 Å². The Morgan fingerprint density at radius 2 is 1.76 bits per heavy atom. The van der Waals surface area contributed by atoms with Crippen LogP contribution in [0.5, 0.6) is 0 Å². The van der Waals surface area contributed by atoms with Gasteiger partial charge in [0.15, 0.2) is 5.71 Å². The second-order valence-corrected chi connectivity index (χ2v) is 11.7. The van der Waals surface area contributed by atoms with Gasteiger partial charge in [-0.25, -0.2) is 0 Å². The van der Waals surface area contributed by atoms with Crippen molar-refractivity contribution >= 4 is 17.1 Å². The number of hydrogen-bond acceptors (Lipinski definition) is 2. The Hall–Kier alpha value is -3.33. The fourth-order valence-corrected chi connectivity index (χ4v) is 7.23. The molecule has 0 bridgehead atoms. The van der Waals surface area contributed by atoms with E-state index in [1.54, 1.807) is 0 Å². The van der Waals surface area contributed by atoms with Gasteiger partial charge < -0.3 is 10.0 Å². The smallest absolute Gasteiger partial charge is 0.209 e. The summed E-state index contributed by atoms with van der Waals surface area (Å²) in [5.74, 6) is 0.454. The number of anilines is 1. The van der Waals surface area contributed by atoms with Crippen LogP contribution in [0.4, 0.5) is 11.4 Å². The number of rotatable bonds is 5. The van der Waals surface area contributed by atoms with Crippen LogP contribution >= 0.6 is 0 Å². The molecule has 1 N–H and O–H groups in total. The molecule has 2 heterocycles. The van der Waals surface area contributed by atoms with Crippen LogP contribution in [0, 0.1) is 13.8 Å². The quantitative estimate of drug-likeness (QED) is 0.431. The highest BCUT2D eigenvalue weighted by Gasteiger charge is 2.59. The Morgan fingerprint density at radius 3 is 2.49 bits per heavy atom. The van der Waals surface area contributed by atoms with E-state index < -0.39 is 0 Å². The first-order chi connectivity index (χ1) is 17.6. The highest BCUT2D eigenvalue weighted by molar-refractivity contribution is 6.03. The van der Waals surface area contributed by atoms with E-state index in [0.717, 1.165) is 37.1 Å². The standard InChI is InChI=1S/C34H38N2O/c1-8-35-26-16-10-21(3)20-25(26)33(5,6)28(35)18-14-23-12-13-24(32(23)37)15-19-29-34(7)30-22(4)11-17-27(31(30)34)36(29)9-2/h10-11,14-20H,8-9,12-13H2,1-7H3/p+1. The molecule has 2 aromatic carbocycles. The molecule has 37 heavy (non-hydrogen) atoms. The molecule has 0 aromatic heterocycles. The largest absolute Gasteiger partial charge is 0.507 e. The molecular formula is C34H39N2O+. The van der Waals surface area contributed by atoms with Crippen LogP contribution < -0.4 is 4.90 Å². The molecule has 0 fully saturated rings. The maximum Gasteiger partial charge on any atom is 0.209 e. The normalized spacial score (nSPS) is 25.3. The summed E-state index contributed by atoms with van der Waals surface area (Å²) in [7, 11) is 0. The summed E-state index contributed by atoms with van der Waals surface area (Å²) in [6, 6.07) is 11.3. The van der Waals surface area contributed by atoms with Crippen LogP contribution in [0.3, 0.4) is 0 Å². The second kappa shape index (κ2) is 8.08. The molecular weight excluding hydrogens is 452 g/mol. The van der Waals surface area contributed by atoms with Gasteiger partial charge in [-0.2, -0.15) is 4.58 Å². The second-order valence-electron chi connectivity index (χ2n) is 11.7. The average Bonchev–Trinajstić information content (AvgIpc) is 3.12. The van der Waals surface area contributed by atoms with Gasteiger partial charge in [-0.3, -0.25) is 0 Å². The van der Waals surface area contributed by atoms with Crippen molar-refractivity contribution in [2.75, 3.05) is 18.0 Å². The lowest BCUT2D eigenvalue weighted by Crippen LogP contribution is -2.27. The SMILES string of the molecule is CCN1C(=CC=C2CCC(C=CC3=[N+](CC)c4ccc(C)cc4C3(C)C)=C2O)C2(C)c3c(C)ccc1c32. The number of nitrogens with zero attached hydrogens (tertiary/aromatic N) is 2. The number of allylic oxidation sites excluding steroid dienone is 7. The molecule has 0 radical (unpaired) electrons. The molecule has 190 valence electrons. The molecule has 3 nitrogen and oxygen atoms in total. The summed E-state index contributed by atoms with van der Waals surface area (Å²) in [6.07, 6.45) is 10.6. The molecule has 2 aromatic rings.